The molecule has 0 atom stereocenters. The molecule has 0 radical (unpaired) electrons. The molecule has 0 N–H and O–H groups in total. The molecular formula is C11H12IN3O6. The first-order chi connectivity index (χ1) is 9.92. The van der Waals surface area contributed by atoms with Crippen molar-refractivity contribution in [1.29, 1.82) is 0 Å². The van der Waals surface area contributed by atoms with Gasteiger partial charge in [0.05, 0.1) is 21.7 Å². The maximum absolute atomic E-state index is 11.9. The molecule has 1 aromatic heterocycles. The fourth-order valence-electron chi connectivity index (χ4n) is 1.31. The molecule has 114 valence electrons. The number of carbonyl (C=O) groups excluding carboxylic acids is 2. The van der Waals surface area contributed by atoms with Gasteiger partial charge in [-0.2, -0.15) is 4.90 Å². The summed E-state index contributed by atoms with van der Waals surface area (Å²) in [6.45, 7) is 3.27. The lowest BCUT2D eigenvalue weighted by atomic mass is 10.4. The van der Waals surface area contributed by atoms with Gasteiger partial charge in [-0.15, -0.1) is 0 Å². The summed E-state index contributed by atoms with van der Waals surface area (Å²) < 4.78 is 9.77. The molecule has 0 aromatic carbocycles. The average molecular weight is 409 g/mol. The SMILES string of the molecule is CCOC(=O)N(C(=O)OCC)c1ncc([N+](=O)[O-])cc1I. The molecule has 0 saturated carbocycles. The highest BCUT2D eigenvalue weighted by Gasteiger charge is 2.30. The minimum Gasteiger partial charge on any atom is -0.449 e. The molecule has 0 saturated heterocycles. The summed E-state index contributed by atoms with van der Waals surface area (Å²) >= 11 is 1.73. The predicted octanol–water partition coefficient (Wildman–Crippen LogP) is 2.71. The van der Waals surface area contributed by atoms with Gasteiger partial charge in [0, 0.05) is 6.07 Å². The quantitative estimate of drug-likeness (QED) is 0.427. The standard InChI is InChI=1S/C11H12IN3O6/c1-3-20-10(16)14(11(17)21-4-2)9-8(12)5-7(6-13-9)15(18)19/h5-6H,3-4H2,1-2H3. The van der Waals surface area contributed by atoms with Crippen molar-refractivity contribution in [1.82, 2.24) is 4.98 Å². The zero-order valence-corrected chi connectivity index (χ0v) is 13.4. The van der Waals surface area contributed by atoms with Gasteiger partial charge in [0.1, 0.15) is 6.20 Å². The first kappa shape index (κ1) is 17.1. The maximum atomic E-state index is 11.9. The Hall–Kier alpha value is -1.98. The summed E-state index contributed by atoms with van der Waals surface area (Å²) in [5, 5.41) is 10.7. The third kappa shape index (κ3) is 4.24. The van der Waals surface area contributed by atoms with E-state index in [1.54, 1.807) is 36.4 Å². The first-order valence-electron chi connectivity index (χ1n) is 5.85. The maximum Gasteiger partial charge on any atom is 0.425 e. The Labute approximate surface area is 133 Å². The zero-order chi connectivity index (χ0) is 16.0. The minimum absolute atomic E-state index is 0.0539. The van der Waals surface area contributed by atoms with Crippen molar-refractivity contribution in [2.24, 2.45) is 0 Å². The highest BCUT2D eigenvalue weighted by Crippen LogP contribution is 2.25. The number of aromatic nitrogens is 1. The first-order valence-corrected chi connectivity index (χ1v) is 6.93. The Kier molecular flexibility index (Phi) is 6.27. The van der Waals surface area contributed by atoms with Crippen LogP contribution in [0.2, 0.25) is 0 Å². The van der Waals surface area contributed by atoms with E-state index in [0.29, 0.717) is 4.90 Å². The van der Waals surface area contributed by atoms with Gasteiger partial charge in [-0.25, -0.2) is 14.6 Å². The highest BCUT2D eigenvalue weighted by molar-refractivity contribution is 14.1. The van der Waals surface area contributed by atoms with Crippen molar-refractivity contribution in [3.05, 3.63) is 25.9 Å². The van der Waals surface area contributed by atoms with Crippen molar-refractivity contribution >= 4 is 46.3 Å². The molecule has 0 aliphatic heterocycles. The molecule has 9 nitrogen and oxygen atoms in total. The molecule has 1 aromatic rings. The van der Waals surface area contributed by atoms with Crippen LogP contribution < -0.4 is 4.90 Å². The second-order valence-electron chi connectivity index (χ2n) is 3.49. The van der Waals surface area contributed by atoms with Gasteiger partial charge in [0.2, 0.25) is 0 Å². The molecule has 2 amide bonds. The molecule has 21 heavy (non-hydrogen) atoms. The lowest BCUT2D eigenvalue weighted by Gasteiger charge is -2.19. The second-order valence-corrected chi connectivity index (χ2v) is 4.65. The Morgan fingerprint density at radius 2 is 1.86 bits per heavy atom. The van der Waals surface area contributed by atoms with Crippen LogP contribution in [-0.4, -0.2) is 35.3 Å². The van der Waals surface area contributed by atoms with Crippen molar-refractivity contribution in [2.75, 3.05) is 18.1 Å². The van der Waals surface area contributed by atoms with Crippen LogP contribution in [-0.2, 0) is 9.47 Å². The number of pyridine rings is 1. The largest absolute Gasteiger partial charge is 0.449 e. The Morgan fingerprint density at radius 3 is 2.24 bits per heavy atom. The number of halogens is 1. The monoisotopic (exact) mass is 409 g/mol. The molecule has 0 aliphatic rings. The van der Waals surface area contributed by atoms with E-state index >= 15 is 0 Å². The Balaban J connectivity index is 3.22. The molecular weight excluding hydrogens is 397 g/mol. The van der Waals surface area contributed by atoms with E-state index in [9.17, 15) is 19.7 Å². The molecule has 0 spiro atoms. The van der Waals surface area contributed by atoms with Gasteiger partial charge in [-0.1, -0.05) is 0 Å². The lowest BCUT2D eigenvalue weighted by Crippen LogP contribution is -2.39. The van der Waals surface area contributed by atoms with Crippen LogP contribution in [0.4, 0.5) is 21.1 Å². The predicted molar refractivity (Wildman–Crippen MR) is 80.1 cm³/mol. The number of nitro groups is 1. The van der Waals surface area contributed by atoms with E-state index in [0.717, 1.165) is 6.20 Å². The van der Waals surface area contributed by atoms with Crippen LogP contribution in [0.15, 0.2) is 12.3 Å². The van der Waals surface area contributed by atoms with Crippen molar-refractivity contribution in [3.63, 3.8) is 0 Å². The average Bonchev–Trinajstić information content (AvgIpc) is 2.41. The number of hydrogen-bond donors (Lipinski definition) is 0. The number of ether oxygens (including phenoxy) is 2. The van der Waals surface area contributed by atoms with Gasteiger partial charge in [-0.3, -0.25) is 10.1 Å². The van der Waals surface area contributed by atoms with E-state index < -0.39 is 17.1 Å². The van der Waals surface area contributed by atoms with Gasteiger partial charge >= 0.3 is 12.2 Å². The third-order valence-electron chi connectivity index (χ3n) is 2.13. The molecule has 0 bridgehead atoms. The summed E-state index contributed by atoms with van der Waals surface area (Å²) in [6.07, 6.45) is -0.978. The second kappa shape index (κ2) is 7.71. The topological polar surface area (TPSA) is 112 Å². The number of amides is 2. The molecule has 0 unspecified atom stereocenters. The molecule has 0 aliphatic carbocycles. The van der Waals surface area contributed by atoms with Crippen LogP contribution in [0.5, 0.6) is 0 Å². The van der Waals surface area contributed by atoms with Crippen molar-refractivity contribution in [2.45, 2.75) is 13.8 Å². The van der Waals surface area contributed by atoms with Crippen LogP contribution in [0.3, 0.4) is 0 Å². The van der Waals surface area contributed by atoms with Crippen LogP contribution >= 0.6 is 22.6 Å². The zero-order valence-electron chi connectivity index (χ0n) is 11.2. The van der Waals surface area contributed by atoms with Crippen LogP contribution in [0.1, 0.15) is 13.8 Å². The van der Waals surface area contributed by atoms with E-state index in [1.807, 2.05) is 0 Å². The number of anilines is 1. The van der Waals surface area contributed by atoms with E-state index in [1.165, 1.54) is 6.07 Å². The summed E-state index contributed by atoms with van der Waals surface area (Å²) in [5.74, 6) is -0.0851. The summed E-state index contributed by atoms with van der Waals surface area (Å²) in [6, 6.07) is 1.19. The number of imide groups is 1. The van der Waals surface area contributed by atoms with Crippen molar-refractivity contribution < 1.29 is 24.0 Å². The van der Waals surface area contributed by atoms with E-state index in [-0.39, 0.29) is 28.3 Å². The third-order valence-corrected chi connectivity index (χ3v) is 2.92. The smallest absolute Gasteiger partial charge is 0.425 e. The van der Waals surface area contributed by atoms with Crippen LogP contribution in [0.25, 0.3) is 0 Å². The van der Waals surface area contributed by atoms with Gasteiger partial charge < -0.3 is 9.47 Å². The van der Waals surface area contributed by atoms with Gasteiger partial charge in [0.25, 0.3) is 5.69 Å². The number of carbonyl (C=O) groups is 2. The van der Waals surface area contributed by atoms with E-state index in [4.69, 9.17) is 9.47 Å². The lowest BCUT2D eigenvalue weighted by molar-refractivity contribution is -0.385. The highest BCUT2D eigenvalue weighted by atomic mass is 127. The number of nitrogens with zero attached hydrogens (tertiary/aromatic N) is 3. The molecule has 1 heterocycles. The fraction of sp³-hybridized carbons (Fsp3) is 0.364. The van der Waals surface area contributed by atoms with Crippen molar-refractivity contribution in [3.8, 4) is 0 Å². The van der Waals surface area contributed by atoms with Gasteiger partial charge in [0.15, 0.2) is 5.82 Å². The Morgan fingerprint density at radius 1 is 1.33 bits per heavy atom. The fourth-order valence-corrected chi connectivity index (χ4v) is 2.01. The normalized spacial score (nSPS) is 9.86. The number of rotatable bonds is 4. The van der Waals surface area contributed by atoms with E-state index in [2.05, 4.69) is 4.98 Å². The molecule has 10 heteroatoms. The number of hydrogen-bond acceptors (Lipinski definition) is 7. The minimum atomic E-state index is -0.963. The summed E-state index contributed by atoms with van der Waals surface area (Å²) in [5.41, 5.74) is -0.254. The van der Waals surface area contributed by atoms with Crippen LogP contribution in [0, 0.1) is 13.7 Å². The molecule has 1 rings (SSSR count). The Bertz CT molecular complexity index is 547. The summed E-state index contributed by atoms with van der Waals surface area (Å²) in [4.78, 5) is 38.1. The summed E-state index contributed by atoms with van der Waals surface area (Å²) in [7, 11) is 0. The van der Waals surface area contributed by atoms with Gasteiger partial charge in [-0.05, 0) is 36.4 Å². The molecule has 0 fully saturated rings.